The summed E-state index contributed by atoms with van der Waals surface area (Å²) in [6, 6.07) is 51.5. The highest BCUT2D eigenvalue weighted by molar-refractivity contribution is 7.21. The molecule has 5 aromatic heterocycles. The highest BCUT2D eigenvalue weighted by Gasteiger charge is 2.22. The van der Waals surface area contributed by atoms with Gasteiger partial charge in [-0.25, -0.2) is 0 Å². The fourth-order valence-corrected chi connectivity index (χ4v) is 10.0. The Kier molecular flexibility index (Phi) is 4.90. The first kappa shape index (κ1) is 24.8. The average Bonchev–Trinajstić information content (AvgIpc) is 3.92. The van der Waals surface area contributed by atoms with Crippen LogP contribution < -0.4 is 0 Å². The van der Waals surface area contributed by atoms with Gasteiger partial charge in [0.05, 0.1) is 22.1 Å². The van der Waals surface area contributed by atoms with E-state index < -0.39 is 0 Å². The van der Waals surface area contributed by atoms with Crippen molar-refractivity contribution in [2.45, 2.75) is 0 Å². The van der Waals surface area contributed by atoms with E-state index in [1.807, 2.05) is 22.7 Å². The van der Waals surface area contributed by atoms with Crippen LogP contribution in [-0.2, 0) is 0 Å². The van der Waals surface area contributed by atoms with E-state index in [0.29, 0.717) is 0 Å². The number of fused-ring (bicyclic) bond motifs is 10. The summed E-state index contributed by atoms with van der Waals surface area (Å²) in [5, 5.41) is 12.7. The summed E-state index contributed by atoms with van der Waals surface area (Å²) in [6.07, 6.45) is 0. The minimum absolute atomic E-state index is 1.18. The van der Waals surface area contributed by atoms with Gasteiger partial charge < -0.3 is 4.57 Å². The van der Waals surface area contributed by atoms with Gasteiger partial charge in [0.2, 0.25) is 0 Å². The van der Waals surface area contributed by atoms with Gasteiger partial charge in [-0.05, 0) is 65.0 Å². The molecule has 0 atom stereocenters. The summed E-state index contributed by atoms with van der Waals surface area (Å²) >= 11 is 3.75. The van der Waals surface area contributed by atoms with Gasteiger partial charge >= 0.3 is 0 Å². The smallest absolute Gasteiger partial charge is 0.108 e. The summed E-state index contributed by atoms with van der Waals surface area (Å²) in [4.78, 5) is 3.96. The van der Waals surface area contributed by atoms with Gasteiger partial charge in [-0.15, -0.1) is 22.7 Å². The minimum atomic E-state index is 1.18. The van der Waals surface area contributed by atoms with E-state index in [1.54, 1.807) is 0 Å². The molecular formula is C42H24N2S2. The van der Waals surface area contributed by atoms with Gasteiger partial charge in [0.1, 0.15) is 4.83 Å². The Morgan fingerprint density at radius 3 is 1.67 bits per heavy atom. The van der Waals surface area contributed by atoms with Crippen molar-refractivity contribution in [2.24, 2.45) is 0 Å². The molecule has 5 heterocycles. The van der Waals surface area contributed by atoms with Crippen molar-refractivity contribution in [2.75, 3.05) is 0 Å². The lowest BCUT2D eigenvalue weighted by molar-refractivity contribution is 1.18. The summed E-state index contributed by atoms with van der Waals surface area (Å²) in [5.41, 5.74) is 8.81. The zero-order chi connectivity index (χ0) is 29.9. The van der Waals surface area contributed by atoms with E-state index in [9.17, 15) is 0 Å². The largest absolute Gasteiger partial charge is 0.309 e. The van der Waals surface area contributed by atoms with Crippen LogP contribution in [0.15, 0.2) is 145 Å². The van der Waals surface area contributed by atoms with Crippen LogP contribution in [0.2, 0.25) is 0 Å². The molecule has 0 fully saturated rings. The molecule has 0 radical (unpaired) electrons. The molecule has 0 bridgehead atoms. The molecule has 11 rings (SSSR count). The van der Waals surface area contributed by atoms with Crippen LogP contribution in [0.3, 0.4) is 0 Å². The first-order valence-electron chi connectivity index (χ1n) is 15.6. The highest BCUT2D eigenvalue weighted by atomic mass is 32.1. The second-order valence-electron chi connectivity index (χ2n) is 12.1. The second-order valence-corrected chi connectivity index (χ2v) is 14.1. The molecule has 11 aromatic rings. The molecule has 2 nitrogen and oxygen atoms in total. The maximum absolute atomic E-state index is 2.47. The van der Waals surface area contributed by atoms with E-state index in [2.05, 4.69) is 154 Å². The average molecular weight is 621 g/mol. The third-order valence-electron chi connectivity index (χ3n) is 9.74. The van der Waals surface area contributed by atoms with Gasteiger partial charge in [-0.1, -0.05) is 91.0 Å². The van der Waals surface area contributed by atoms with E-state index >= 15 is 0 Å². The summed E-state index contributed by atoms with van der Waals surface area (Å²) < 4.78 is 4.89. The Morgan fingerprint density at radius 1 is 0.413 bits per heavy atom. The lowest BCUT2D eigenvalue weighted by atomic mass is 10.0. The Hall–Kier alpha value is -5.42. The Labute approximate surface area is 271 Å². The molecule has 0 unspecified atom stereocenters. The molecule has 0 aliphatic carbocycles. The van der Waals surface area contributed by atoms with Crippen molar-refractivity contribution in [3.63, 3.8) is 0 Å². The van der Waals surface area contributed by atoms with Crippen LogP contribution in [0.25, 0.3) is 96.6 Å². The van der Waals surface area contributed by atoms with Gasteiger partial charge in [0.15, 0.2) is 0 Å². The zero-order valence-electron chi connectivity index (χ0n) is 24.6. The van der Waals surface area contributed by atoms with Crippen LogP contribution in [0.5, 0.6) is 0 Å². The first-order chi connectivity index (χ1) is 22.8. The molecule has 6 aromatic carbocycles. The Bertz CT molecular complexity index is 2930. The zero-order valence-corrected chi connectivity index (χ0v) is 26.2. The quantitative estimate of drug-likeness (QED) is 0.186. The number of nitrogens with zero attached hydrogens (tertiary/aromatic N) is 2. The number of aromatic nitrogens is 2. The SMILES string of the molecule is c1cc(-c2sc(-c3cc4c5ccccc5n5c6sccc6c(c3)c45)c3ccccc23)cc(-n2c3ccccc3c3ccccc32)c1. The third kappa shape index (κ3) is 3.20. The maximum Gasteiger partial charge on any atom is 0.108 e. The van der Waals surface area contributed by atoms with Gasteiger partial charge in [0.25, 0.3) is 0 Å². The first-order valence-corrected chi connectivity index (χ1v) is 17.3. The van der Waals surface area contributed by atoms with Crippen LogP contribution in [0.4, 0.5) is 0 Å². The summed E-state index contributed by atoms with van der Waals surface area (Å²) in [5.74, 6) is 0. The molecular weight excluding hydrogens is 597 g/mol. The number of para-hydroxylation sites is 3. The molecule has 0 saturated carbocycles. The van der Waals surface area contributed by atoms with Crippen molar-refractivity contribution < 1.29 is 0 Å². The molecule has 214 valence electrons. The number of hydrogen-bond donors (Lipinski definition) is 0. The van der Waals surface area contributed by atoms with Crippen LogP contribution in [-0.4, -0.2) is 8.97 Å². The molecule has 0 spiro atoms. The monoisotopic (exact) mass is 620 g/mol. The molecule has 0 amide bonds. The molecule has 0 aliphatic heterocycles. The van der Waals surface area contributed by atoms with Crippen molar-refractivity contribution in [1.82, 2.24) is 8.97 Å². The van der Waals surface area contributed by atoms with Crippen molar-refractivity contribution in [3.05, 3.63) is 145 Å². The van der Waals surface area contributed by atoms with E-state index in [4.69, 9.17) is 0 Å². The minimum Gasteiger partial charge on any atom is -0.309 e. The lowest BCUT2D eigenvalue weighted by Crippen LogP contribution is -1.93. The van der Waals surface area contributed by atoms with Crippen molar-refractivity contribution >= 4 is 92.7 Å². The van der Waals surface area contributed by atoms with E-state index in [0.717, 1.165) is 0 Å². The van der Waals surface area contributed by atoms with E-state index in [1.165, 1.54) is 96.6 Å². The van der Waals surface area contributed by atoms with E-state index in [-0.39, 0.29) is 0 Å². The molecule has 0 saturated heterocycles. The number of rotatable bonds is 3. The third-order valence-corrected chi connectivity index (χ3v) is 12.0. The van der Waals surface area contributed by atoms with Crippen molar-refractivity contribution in [1.29, 1.82) is 0 Å². The van der Waals surface area contributed by atoms with Gasteiger partial charge in [-0.2, -0.15) is 0 Å². The van der Waals surface area contributed by atoms with Crippen LogP contribution >= 0.6 is 22.7 Å². The normalized spacial score (nSPS) is 12.3. The predicted molar refractivity (Wildman–Crippen MR) is 200 cm³/mol. The number of thiophene rings is 2. The van der Waals surface area contributed by atoms with Crippen LogP contribution in [0, 0.1) is 0 Å². The Morgan fingerprint density at radius 2 is 0.978 bits per heavy atom. The maximum atomic E-state index is 2.47. The van der Waals surface area contributed by atoms with Crippen molar-refractivity contribution in [3.8, 4) is 26.6 Å². The van der Waals surface area contributed by atoms with Gasteiger partial charge in [-0.3, -0.25) is 4.40 Å². The lowest BCUT2D eigenvalue weighted by Gasteiger charge is -2.10. The Balaban J connectivity index is 1.16. The van der Waals surface area contributed by atoms with Gasteiger partial charge in [0, 0.05) is 58.5 Å². The number of benzene rings is 6. The predicted octanol–water partition coefficient (Wildman–Crippen LogP) is 12.5. The summed E-state index contributed by atoms with van der Waals surface area (Å²) in [7, 11) is 0. The fourth-order valence-electron chi connectivity index (χ4n) is 7.83. The van der Waals surface area contributed by atoms with Crippen LogP contribution in [0.1, 0.15) is 0 Å². The molecule has 0 aliphatic rings. The highest BCUT2D eigenvalue weighted by Crippen LogP contribution is 2.48. The standard InChI is InChI=1S/C42H24N2S2/c1-2-16-32-31(15-1)40(25-10-9-11-27(22-25)43-36-17-6-3-12-28(36)29-13-4-7-18-37(29)43)46-41(32)26-23-34-30-14-5-8-19-38(30)44-39(34)35(24-26)33-20-21-45-42(33)44/h1-24H. The fraction of sp³-hybridized carbons (Fsp3) is 0. The molecule has 4 heteroatoms. The summed E-state index contributed by atoms with van der Waals surface area (Å²) in [6.45, 7) is 0. The molecule has 46 heavy (non-hydrogen) atoms. The topological polar surface area (TPSA) is 9.34 Å². The number of hydrogen-bond acceptors (Lipinski definition) is 2. The second kappa shape index (κ2) is 9.07. The molecule has 0 N–H and O–H groups in total.